The third-order valence-electron chi connectivity index (χ3n) is 6.78. The predicted molar refractivity (Wildman–Crippen MR) is 153 cm³/mol. The average molecular weight is 519 g/mol. The summed E-state index contributed by atoms with van der Waals surface area (Å²) < 4.78 is 13.5. The number of fused-ring (bicyclic) bond motifs is 2. The van der Waals surface area contributed by atoms with Gasteiger partial charge in [0.1, 0.15) is 17.0 Å². The number of hydrogen-bond acceptors (Lipinski definition) is 4. The molecule has 6 aromatic rings. The lowest BCUT2D eigenvalue weighted by Crippen LogP contribution is -2.11. The summed E-state index contributed by atoms with van der Waals surface area (Å²) in [5, 5.41) is 11.6. The number of aromatic amines is 2. The van der Waals surface area contributed by atoms with E-state index in [0.29, 0.717) is 12.1 Å². The molecule has 0 unspecified atom stereocenters. The van der Waals surface area contributed by atoms with Crippen molar-refractivity contribution in [3.63, 3.8) is 0 Å². The van der Waals surface area contributed by atoms with Crippen molar-refractivity contribution in [2.45, 2.75) is 33.1 Å². The van der Waals surface area contributed by atoms with Gasteiger partial charge in [0.05, 0.1) is 28.6 Å². The molecule has 6 rings (SSSR count). The van der Waals surface area contributed by atoms with Gasteiger partial charge in [-0.2, -0.15) is 5.10 Å². The molecule has 4 aromatic heterocycles. The van der Waals surface area contributed by atoms with Gasteiger partial charge in [-0.25, -0.2) is 9.37 Å². The molecule has 0 aliphatic heterocycles. The van der Waals surface area contributed by atoms with Crippen molar-refractivity contribution in [2.75, 3.05) is 5.32 Å². The monoisotopic (exact) mass is 518 g/mol. The quantitative estimate of drug-likeness (QED) is 0.205. The molecular formula is C31H27FN6O. The Labute approximate surface area is 224 Å². The van der Waals surface area contributed by atoms with Gasteiger partial charge < -0.3 is 10.3 Å². The van der Waals surface area contributed by atoms with E-state index in [1.54, 1.807) is 24.5 Å². The molecule has 4 heterocycles. The van der Waals surface area contributed by atoms with Crippen molar-refractivity contribution >= 4 is 33.5 Å². The van der Waals surface area contributed by atoms with Crippen LogP contribution in [0.3, 0.4) is 0 Å². The van der Waals surface area contributed by atoms with Crippen molar-refractivity contribution in [1.82, 2.24) is 25.1 Å². The lowest BCUT2D eigenvalue weighted by atomic mass is 10.0. The molecule has 7 nitrogen and oxygen atoms in total. The summed E-state index contributed by atoms with van der Waals surface area (Å²) in [7, 11) is 0. The highest BCUT2D eigenvalue weighted by Crippen LogP contribution is 2.34. The SMILES string of the molecule is CCCCC(=O)Nc1cc(C)cc(-c2ccc3[nH]nc(-c4cc5c(-c6ccc(F)cc6)cncc5[nH]4)c3n2)c1. The topological polar surface area (TPSA) is 99.4 Å². The minimum atomic E-state index is -0.280. The number of aromatic nitrogens is 5. The molecule has 0 aliphatic rings. The molecule has 8 heteroatoms. The van der Waals surface area contributed by atoms with Gasteiger partial charge in [0, 0.05) is 34.8 Å². The number of carbonyl (C=O) groups is 1. The second kappa shape index (κ2) is 10.1. The van der Waals surface area contributed by atoms with Crippen LogP contribution >= 0.6 is 0 Å². The third kappa shape index (κ3) is 4.88. The Balaban J connectivity index is 1.38. The van der Waals surface area contributed by atoms with Crippen molar-refractivity contribution < 1.29 is 9.18 Å². The highest BCUT2D eigenvalue weighted by molar-refractivity contribution is 6.00. The number of hydrogen-bond donors (Lipinski definition) is 3. The summed E-state index contributed by atoms with van der Waals surface area (Å²) in [4.78, 5) is 25.1. The zero-order chi connectivity index (χ0) is 26.9. The molecule has 194 valence electrons. The number of nitrogens with one attached hydrogen (secondary N) is 3. The summed E-state index contributed by atoms with van der Waals surface area (Å²) in [5.74, 6) is -0.264. The molecule has 0 atom stereocenters. The molecule has 0 saturated carbocycles. The van der Waals surface area contributed by atoms with E-state index in [2.05, 4.69) is 38.5 Å². The smallest absolute Gasteiger partial charge is 0.224 e. The molecule has 39 heavy (non-hydrogen) atoms. The van der Waals surface area contributed by atoms with E-state index >= 15 is 0 Å². The van der Waals surface area contributed by atoms with Crippen LogP contribution in [0.25, 0.3) is 55.7 Å². The molecule has 1 amide bonds. The zero-order valence-corrected chi connectivity index (χ0v) is 21.7. The molecule has 0 spiro atoms. The number of amides is 1. The van der Waals surface area contributed by atoms with E-state index in [1.807, 2.05) is 37.3 Å². The molecule has 2 aromatic carbocycles. The Morgan fingerprint density at radius 3 is 2.64 bits per heavy atom. The highest BCUT2D eigenvalue weighted by atomic mass is 19.1. The van der Waals surface area contributed by atoms with Gasteiger partial charge in [-0.1, -0.05) is 25.5 Å². The maximum atomic E-state index is 13.5. The fourth-order valence-corrected chi connectivity index (χ4v) is 4.85. The number of H-pyrrole nitrogens is 2. The van der Waals surface area contributed by atoms with Gasteiger partial charge in [-0.05, 0) is 73.0 Å². The van der Waals surface area contributed by atoms with E-state index in [9.17, 15) is 9.18 Å². The minimum absolute atomic E-state index is 0.0160. The Hall–Kier alpha value is -4.85. The molecule has 0 fully saturated rings. The van der Waals surface area contributed by atoms with E-state index in [-0.39, 0.29) is 11.7 Å². The van der Waals surface area contributed by atoms with Crippen molar-refractivity contribution in [2.24, 2.45) is 0 Å². The molecule has 0 radical (unpaired) electrons. The number of pyridine rings is 2. The van der Waals surface area contributed by atoms with E-state index < -0.39 is 0 Å². The first-order valence-corrected chi connectivity index (χ1v) is 13.0. The van der Waals surface area contributed by atoms with Gasteiger partial charge in [0.25, 0.3) is 0 Å². The number of rotatable bonds is 7. The average Bonchev–Trinajstić information content (AvgIpc) is 3.55. The molecule has 3 N–H and O–H groups in total. The first kappa shape index (κ1) is 24.5. The Morgan fingerprint density at radius 2 is 1.82 bits per heavy atom. The van der Waals surface area contributed by atoms with E-state index in [0.717, 1.165) is 74.1 Å². The largest absolute Gasteiger partial charge is 0.352 e. The first-order valence-electron chi connectivity index (χ1n) is 13.0. The Kier molecular flexibility index (Phi) is 6.36. The van der Waals surface area contributed by atoms with E-state index in [1.165, 1.54) is 12.1 Å². The fourth-order valence-electron chi connectivity index (χ4n) is 4.85. The normalized spacial score (nSPS) is 11.4. The second-order valence-electron chi connectivity index (χ2n) is 9.74. The maximum Gasteiger partial charge on any atom is 0.224 e. The summed E-state index contributed by atoms with van der Waals surface area (Å²) >= 11 is 0. The van der Waals surface area contributed by atoms with Crippen molar-refractivity contribution in [3.8, 4) is 33.8 Å². The predicted octanol–water partition coefficient (Wildman–Crippen LogP) is 7.41. The van der Waals surface area contributed by atoms with Gasteiger partial charge >= 0.3 is 0 Å². The van der Waals surface area contributed by atoms with E-state index in [4.69, 9.17) is 4.98 Å². The number of halogens is 1. The fraction of sp³-hybridized carbons (Fsp3) is 0.161. The summed E-state index contributed by atoms with van der Waals surface area (Å²) in [6, 6.07) is 18.3. The van der Waals surface area contributed by atoms with Crippen LogP contribution in [0.1, 0.15) is 31.7 Å². The number of carbonyl (C=O) groups excluding carboxylic acids is 1. The van der Waals surface area contributed by atoms with Crippen LogP contribution in [0.15, 0.2) is 73.1 Å². The number of benzene rings is 2. The summed E-state index contributed by atoms with van der Waals surface area (Å²) in [5.41, 5.74) is 9.13. The number of unbranched alkanes of at least 4 members (excludes halogenated alkanes) is 1. The Morgan fingerprint density at radius 1 is 0.974 bits per heavy atom. The number of nitrogens with zero attached hydrogens (tertiary/aromatic N) is 3. The van der Waals surface area contributed by atoms with Crippen LogP contribution in [0.5, 0.6) is 0 Å². The maximum absolute atomic E-state index is 13.5. The van der Waals surface area contributed by atoms with Crippen LogP contribution in [0.2, 0.25) is 0 Å². The van der Waals surface area contributed by atoms with Gasteiger partial charge in [-0.15, -0.1) is 0 Å². The lowest BCUT2D eigenvalue weighted by molar-refractivity contribution is -0.116. The van der Waals surface area contributed by atoms with Gasteiger partial charge in [0.2, 0.25) is 5.91 Å². The van der Waals surface area contributed by atoms with Gasteiger partial charge in [0.15, 0.2) is 0 Å². The highest BCUT2D eigenvalue weighted by Gasteiger charge is 2.16. The van der Waals surface area contributed by atoms with Crippen LogP contribution < -0.4 is 5.32 Å². The first-order chi connectivity index (χ1) is 19.0. The summed E-state index contributed by atoms with van der Waals surface area (Å²) in [6.45, 7) is 4.07. The van der Waals surface area contributed by atoms with Crippen molar-refractivity contribution in [1.29, 1.82) is 0 Å². The lowest BCUT2D eigenvalue weighted by Gasteiger charge is -2.09. The molecule has 0 saturated heterocycles. The standard InChI is InChI=1S/C31H27FN6O/c1-3-4-5-29(39)34-22-13-18(2)12-20(14-22)25-10-11-26-30(36-25)31(38-37-26)27-15-23-24(16-33-17-28(23)35-27)19-6-8-21(32)9-7-19/h6-17,35H,3-5H2,1-2H3,(H,34,39)(H,37,38). The number of anilines is 1. The van der Waals surface area contributed by atoms with Crippen LogP contribution in [0.4, 0.5) is 10.1 Å². The molecular weight excluding hydrogens is 491 g/mol. The van der Waals surface area contributed by atoms with Crippen LogP contribution in [0, 0.1) is 12.7 Å². The Bertz CT molecular complexity index is 1820. The molecule has 0 bridgehead atoms. The van der Waals surface area contributed by atoms with Crippen LogP contribution in [-0.2, 0) is 4.79 Å². The minimum Gasteiger partial charge on any atom is -0.352 e. The van der Waals surface area contributed by atoms with Gasteiger partial charge in [-0.3, -0.25) is 14.9 Å². The third-order valence-corrected chi connectivity index (χ3v) is 6.78. The van der Waals surface area contributed by atoms with Crippen molar-refractivity contribution in [3.05, 3.63) is 84.4 Å². The second-order valence-corrected chi connectivity index (χ2v) is 9.74. The number of aryl methyl sites for hydroxylation is 1. The van der Waals surface area contributed by atoms with Crippen LogP contribution in [-0.4, -0.2) is 31.1 Å². The zero-order valence-electron chi connectivity index (χ0n) is 21.7. The molecule has 0 aliphatic carbocycles. The summed E-state index contributed by atoms with van der Waals surface area (Å²) in [6.07, 6.45) is 5.89.